The maximum Gasteiger partial charge on any atom is 0.257 e. The third-order valence-corrected chi connectivity index (χ3v) is 2.56. The van der Waals surface area contributed by atoms with E-state index in [9.17, 15) is 4.79 Å². The minimum absolute atomic E-state index is 0.0307. The highest BCUT2D eigenvalue weighted by atomic mass is 16.5. The predicted molar refractivity (Wildman–Crippen MR) is 79.9 cm³/mol. The molecule has 0 fully saturated rings. The molecular weight excluding hydrogens is 256 g/mol. The monoisotopic (exact) mass is 278 g/mol. The summed E-state index contributed by atoms with van der Waals surface area (Å²) in [6.45, 7) is 3.14. The van der Waals surface area contributed by atoms with Crippen molar-refractivity contribution in [3.05, 3.63) is 29.8 Å². The second-order valence-corrected chi connectivity index (χ2v) is 4.07. The Kier molecular flexibility index (Phi) is 6.95. The molecule has 1 amide bonds. The van der Waals surface area contributed by atoms with Crippen molar-refractivity contribution in [3.63, 3.8) is 0 Å². The molecule has 0 bridgehead atoms. The summed E-state index contributed by atoms with van der Waals surface area (Å²) < 4.78 is 5.43. The van der Waals surface area contributed by atoms with Gasteiger partial charge in [0.05, 0.1) is 0 Å². The predicted octanol–water partition coefficient (Wildman–Crippen LogP) is 0.496. The Balaban J connectivity index is 2.51. The number of guanidine groups is 1. The van der Waals surface area contributed by atoms with Gasteiger partial charge in [0, 0.05) is 27.2 Å². The van der Waals surface area contributed by atoms with E-state index in [2.05, 4.69) is 20.9 Å². The van der Waals surface area contributed by atoms with E-state index in [1.807, 2.05) is 31.2 Å². The molecule has 0 atom stereocenters. The lowest BCUT2D eigenvalue weighted by Gasteiger charge is -2.10. The molecule has 3 N–H and O–H groups in total. The van der Waals surface area contributed by atoms with Crippen molar-refractivity contribution in [3.8, 4) is 5.75 Å². The van der Waals surface area contributed by atoms with Crippen LogP contribution in [0.2, 0.25) is 0 Å². The molecule has 1 aromatic rings. The molecule has 6 nitrogen and oxygen atoms in total. The molecule has 6 heteroatoms. The first-order valence-electron chi connectivity index (χ1n) is 6.56. The normalized spacial score (nSPS) is 10.8. The molecule has 20 heavy (non-hydrogen) atoms. The summed E-state index contributed by atoms with van der Waals surface area (Å²) >= 11 is 0. The third kappa shape index (κ3) is 5.60. The quantitative estimate of drug-likeness (QED) is 0.523. The smallest absolute Gasteiger partial charge is 0.257 e. The molecule has 1 aromatic carbocycles. The van der Waals surface area contributed by atoms with E-state index in [0.29, 0.717) is 18.8 Å². The summed E-state index contributed by atoms with van der Waals surface area (Å²) in [7, 11) is 3.52. The Bertz CT molecular complexity index is 460. The molecule has 0 aliphatic heterocycles. The third-order valence-electron chi connectivity index (χ3n) is 2.56. The van der Waals surface area contributed by atoms with Crippen LogP contribution in [-0.2, 0) is 11.3 Å². The maximum atomic E-state index is 11.3. The fraction of sp³-hybridized carbons (Fsp3) is 0.429. The van der Waals surface area contributed by atoms with Gasteiger partial charge in [-0.2, -0.15) is 0 Å². The van der Waals surface area contributed by atoms with Gasteiger partial charge in [0.1, 0.15) is 5.75 Å². The molecule has 0 radical (unpaired) electrons. The lowest BCUT2D eigenvalue weighted by molar-refractivity contribution is -0.122. The molecule has 0 saturated carbocycles. The Morgan fingerprint density at radius 1 is 1.35 bits per heavy atom. The van der Waals surface area contributed by atoms with Gasteiger partial charge in [0.2, 0.25) is 0 Å². The Morgan fingerprint density at radius 2 is 2.15 bits per heavy atom. The number of nitrogens with one attached hydrogen (secondary N) is 3. The number of hydrogen-bond acceptors (Lipinski definition) is 3. The van der Waals surface area contributed by atoms with E-state index in [1.165, 1.54) is 0 Å². The molecule has 0 aromatic heterocycles. The van der Waals surface area contributed by atoms with Gasteiger partial charge in [0.25, 0.3) is 5.91 Å². The Labute approximate surface area is 119 Å². The van der Waals surface area contributed by atoms with E-state index in [1.54, 1.807) is 14.1 Å². The first-order chi connectivity index (χ1) is 9.69. The zero-order valence-corrected chi connectivity index (χ0v) is 12.2. The number of hydrogen-bond donors (Lipinski definition) is 3. The highest BCUT2D eigenvalue weighted by Crippen LogP contribution is 2.13. The van der Waals surface area contributed by atoms with E-state index in [0.717, 1.165) is 11.5 Å². The number of nitrogens with zero attached hydrogens (tertiary/aromatic N) is 1. The molecular formula is C14H22N4O2. The largest absolute Gasteiger partial charge is 0.484 e. The Morgan fingerprint density at radius 3 is 2.80 bits per heavy atom. The zero-order chi connectivity index (χ0) is 14.8. The summed E-state index contributed by atoms with van der Waals surface area (Å²) in [6.07, 6.45) is 0. The summed E-state index contributed by atoms with van der Waals surface area (Å²) in [6, 6.07) is 7.60. The number of ether oxygens (including phenoxy) is 1. The van der Waals surface area contributed by atoms with Crippen LogP contribution in [0.3, 0.4) is 0 Å². The summed E-state index contributed by atoms with van der Waals surface area (Å²) in [5, 5.41) is 8.78. The van der Waals surface area contributed by atoms with E-state index >= 15 is 0 Å². The van der Waals surface area contributed by atoms with Crippen LogP contribution in [0.15, 0.2) is 29.3 Å². The fourth-order valence-corrected chi connectivity index (χ4v) is 1.61. The Hall–Kier alpha value is -2.24. The molecule has 0 heterocycles. The van der Waals surface area contributed by atoms with Crippen molar-refractivity contribution in [1.29, 1.82) is 0 Å². The molecule has 0 saturated heterocycles. The first-order valence-corrected chi connectivity index (χ1v) is 6.56. The molecule has 0 aliphatic carbocycles. The second-order valence-electron chi connectivity index (χ2n) is 4.07. The first kappa shape index (κ1) is 15.8. The number of likely N-dealkylation sites (N-methyl/N-ethyl adjacent to an activating group) is 1. The number of carbonyl (C=O) groups excluding carboxylic acids is 1. The molecule has 0 spiro atoms. The van der Waals surface area contributed by atoms with Crippen LogP contribution in [-0.4, -0.2) is 39.1 Å². The van der Waals surface area contributed by atoms with Gasteiger partial charge in [0.15, 0.2) is 12.6 Å². The SMILES string of the molecule is CCNC(=O)COc1cccc(CNC(=NC)NC)c1. The van der Waals surface area contributed by atoms with Crippen LogP contribution in [0.1, 0.15) is 12.5 Å². The van der Waals surface area contributed by atoms with Crippen molar-refractivity contribution in [2.24, 2.45) is 4.99 Å². The number of aliphatic imine (C=N–C) groups is 1. The van der Waals surface area contributed by atoms with Crippen molar-refractivity contribution >= 4 is 11.9 Å². The average Bonchev–Trinajstić information content (AvgIpc) is 2.47. The highest BCUT2D eigenvalue weighted by Gasteiger charge is 2.02. The topological polar surface area (TPSA) is 74.8 Å². The van der Waals surface area contributed by atoms with Gasteiger partial charge in [-0.3, -0.25) is 9.79 Å². The van der Waals surface area contributed by atoms with Crippen molar-refractivity contribution in [2.45, 2.75) is 13.5 Å². The highest BCUT2D eigenvalue weighted by molar-refractivity contribution is 5.79. The van der Waals surface area contributed by atoms with E-state index in [4.69, 9.17) is 4.74 Å². The number of amides is 1. The van der Waals surface area contributed by atoms with Crippen molar-refractivity contribution < 1.29 is 9.53 Å². The van der Waals surface area contributed by atoms with Crippen molar-refractivity contribution in [1.82, 2.24) is 16.0 Å². The lowest BCUT2D eigenvalue weighted by atomic mass is 10.2. The molecule has 0 unspecified atom stereocenters. The van der Waals surface area contributed by atoms with Crippen LogP contribution in [0, 0.1) is 0 Å². The maximum absolute atomic E-state index is 11.3. The minimum Gasteiger partial charge on any atom is -0.484 e. The molecule has 110 valence electrons. The lowest BCUT2D eigenvalue weighted by Crippen LogP contribution is -2.34. The summed E-state index contributed by atoms with van der Waals surface area (Å²) in [4.78, 5) is 15.4. The summed E-state index contributed by atoms with van der Waals surface area (Å²) in [5.41, 5.74) is 1.05. The van der Waals surface area contributed by atoms with Crippen LogP contribution in [0.5, 0.6) is 5.75 Å². The zero-order valence-electron chi connectivity index (χ0n) is 12.2. The van der Waals surface area contributed by atoms with Crippen LogP contribution in [0.25, 0.3) is 0 Å². The van der Waals surface area contributed by atoms with E-state index in [-0.39, 0.29) is 12.5 Å². The van der Waals surface area contributed by atoms with Crippen molar-refractivity contribution in [2.75, 3.05) is 27.2 Å². The van der Waals surface area contributed by atoms with Gasteiger partial charge >= 0.3 is 0 Å². The second kappa shape index (κ2) is 8.79. The standard InChI is InChI=1S/C14H22N4O2/c1-4-17-13(19)10-20-12-7-5-6-11(8-12)9-18-14(15-2)16-3/h5-8H,4,9-10H2,1-3H3,(H,17,19)(H2,15,16,18). The average molecular weight is 278 g/mol. The van der Waals surface area contributed by atoms with Crippen LogP contribution >= 0.6 is 0 Å². The number of rotatable bonds is 6. The van der Waals surface area contributed by atoms with Gasteiger partial charge in [-0.15, -0.1) is 0 Å². The van der Waals surface area contributed by atoms with Gasteiger partial charge in [-0.25, -0.2) is 0 Å². The molecule has 1 rings (SSSR count). The van der Waals surface area contributed by atoms with Gasteiger partial charge in [-0.1, -0.05) is 12.1 Å². The number of benzene rings is 1. The summed E-state index contributed by atoms with van der Waals surface area (Å²) in [5.74, 6) is 1.28. The van der Waals surface area contributed by atoms with Gasteiger partial charge < -0.3 is 20.7 Å². The van der Waals surface area contributed by atoms with Crippen LogP contribution < -0.4 is 20.7 Å². The van der Waals surface area contributed by atoms with E-state index < -0.39 is 0 Å². The minimum atomic E-state index is -0.119. The van der Waals surface area contributed by atoms with Gasteiger partial charge in [-0.05, 0) is 24.6 Å². The van der Waals surface area contributed by atoms with Crippen LogP contribution in [0.4, 0.5) is 0 Å². The fourth-order valence-electron chi connectivity index (χ4n) is 1.61. The number of carbonyl (C=O) groups is 1. The molecule has 0 aliphatic rings.